The molecule has 0 saturated carbocycles. The molecule has 1 unspecified atom stereocenters. The molecule has 1 rings (SSSR count). The SMILES string of the molecule is [2H]C([2H])(O)C([2H])([2H])NC(C)Cc1cccc(C(F)(F)F)c1. The maximum absolute atomic E-state index is 12.6. The van der Waals surface area contributed by atoms with Crippen LogP contribution in [0.3, 0.4) is 0 Å². The highest BCUT2D eigenvalue weighted by molar-refractivity contribution is 5.26. The maximum atomic E-state index is 12.6. The first-order chi connectivity index (χ1) is 9.33. The van der Waals surface area contributed by atoms with Gasteiger partial charge in [0, 0.05) is 15.3 Å². The van der Waals surface area contributed by atoms with Gasteiger partial charge in [-0.2, -0.15) is 13.2 Å². The van der Waals surface area contributed by atoms with Crippen LogP contribution >= 0.6 is 0 Å². The standard InChI is InChI=1S/C12H16F3NO/c1-9(16-5-6-17)7-10-3-2-4-11(8-10)12(13,14)15/h2-4,8-9,16-17H,5-7H2,1H3/i5D2,6D2. The van der Waals surface area contributed by atoms with Gasteiger partial charge in [-0.25, -0.2) is 0 Å². The van der Waals surface area contributed by atoms with Gasteiger partial charge in [0.05, 0.1) is 14.9 Å². The van der Waals surface area contributed by atoms with Gasteiger partial charge in [0.25, 0.3) is 0 Å². The molecule has 1 aromatic rings. The van der Waals surface area contributed by atoms with Crippen LogP contribution in [0.2, 0.25) is 0 Å². The summed E-state index contributed by atoms with van der Waals surface area (Å²) in [7, 11) is 0. The molecule has 0 aliphatic heterocycles. The van der Waals surface area contributed by atoms with E-state index in [1.165, 1.54) is 19.1 Å². The molecular weight excluding hydrogens is 231 g/mol. The van der Waals surface area contributed by atoms with Crippen molar-refractivity contribution < 1.29 is 23.8 Å². The zero-order valence-electron chi connectivity index (χ0n) is 13.2. The fourth-order valence-electron chi connectivity index (χ4n) is 1.43. The second kappa shape index (κ2) is 6.02. The Morgan fingerprint density at radius 1 is 1.47 bits per heavy atom. The number of nitrogens with one attached hydrogen (secondary N) is 1. The van der Waals surface area contributed by atoms with Crippen molar-refractivity contribution in [2.24, 2.45) is 0 Å². The molecule has 2 nitrogen and oxygen atoms in total. The minimum Gasteiger partial charge on any atom is -0.395 e. The summed E-state index contributed by atoms with van der Waals surface area (Å²) >= 11 is 0. The normalized spacial score (nSPS) is 18.9. The van der Waals surface area contributed by atoms with Gasteiger partial charge in [0.1, 0.15) is 0 Å². The lowest BCUT2D eigenvalue weighted by atomic mass is 10.0. The maximum Gasteiger partial charge on any atom is 0.416 e. The summed E-state index contributed by atoms with van der Waals surface area (Å²) in [6.07, 6.45) is -4.40. The van der Waals surface area contributed by atoms with Crippen LogP contribution in [0.25, 0.3) is 0 Å². The Bertz CT molecular complexity index is 488. The number of alkyl halides is 3. The Morgan fingerprint density at radius 2 is 2.18 bits per heavy atom. The highest BCUT2D eigenvalue weighted by Crippen LogP contribution is 2.29. The van der Waals surface area contributed by atoms with Crippen molar-refractivity contribution in [3.63, 3.8) is 0 Å². The van der Waals surface area contributed by atoms with Crippen LogP contribution in [-0.4, -0.2) is 24.2 Å². The van der Waals surface area contributed by atoms with E-state index in [0.29, 0.717) is 5.56 Å². The molecule has 1 atom stereocenters. The molecule has 96 valence electrons. The number of aliphatic hydroxyl groups is 1. The summed E-state index contributed by atoms with van der Waals surface area (Å²) in [6.45, 7) is -4.33. The lowest BCUT2D eigenvalue weighted by Crippen LogP contribution is -2.30. The Morgan fingerprint density at radius 3 is 2.76 bits per heavy atom. The fourth-order valence-corrected chi connectivity index (χ4v) is 1.43. The highest BCUT2D eigenvalue weighted by atomic mass is 19.4. The summed E-state index contributed by atoms with van der Waals surface area (Å²) < 4.78 is 66.4. The highest BCUT2D eigenvalue weighted by Gasteiger charge is 2.30. The van der Waals surface area contributed by atoms with Crippen LogP contribution in [0.1, 0.15) is 23.5 Å². The van der Waals surface area contributed by atoms with Gasteiger partial charge in [-0.05, 0) is 25.0 Å². The lowest BCUT2D eigenvalue weighted by Gasteiger charge is -2.14. The number of benzene rings is 1. The van der Waals surface area contributed by atoms with E-state index in [0.717, 1.165) is 12.1 Å². The molecule has 5 heteroatoms. The van der Waals surface area contributed by atoms with E-state index in [9.17, 15) is 13.2 Å². The van der Waals surface area contributed by atoms with Crippen molar-refractivity contribution >= 4 is 0 Å². The third kappa shape index (κ3) is 4.75. The van der Waals surface area contributed by atoms with Gasteiger partial charge in [-0.15, -0.1) is 0 Å². The minimum atomic E-state index is -4.45. The predicted octanol–water partition coefficient (Wildman–Crippen LogP) is 2.22. The van der Waals surface area contributed by atoms with Crippen LogP contribution < -0.4 is 5.32 Å². The van der Waals surface area contributed by atoms with Gasteiger partial charge >= 0.3 is 6.18 Å². The van der Waals surface area contributed by atoms with Gasteiger partial charge in [0.15, 0.2) is 0 Å². The summed E-state index contributed by atoms with van der Waals surface area (Å²) in [5, 5.41) is 11.3. The molecular formula is C12H16F3NO. The molecule has 0 aliphatic carbocycles. The van der Waals surface area contributed by atoms with Crippen LogP contribution in [0, 0.1) is 0 Å². The van der Waals surface area contributed by atoms with E-state index in [1.807, 2.05) is 0 Å². The monoisotopic (exact) mass is 251 g/mol. The Balaban J connectivity index is 2.78. The molecule has 0 saturated heterocycles. The second-order valence-corrected chi connectivity index (χ2v) is 3.68. The molecule has 0 aromatic heterocycles. The van der Waals surface area contributed by atoms with E-state index >= 15 is 0 Å². The van der Waals surface area contributed by atoms with Crippen molar-refractivity contribution in [2.75, 3.05) is 13.1 Å². The number of hydrogen-bond donors (Lipinski definition) is 2. The lowest BCUT2D eigenvalue weighted by molar-refractivity contribution is -0.137. The van der Waals surface area contributed by atoms with Crippen LogP contribution in [-0.2, 0) is 12.6 Å². The number of hydrogen-bond acceptors (Lipinski definition) is 2. The molecule has 0 spiro atoms. The van der Waals surface area contributed by atoms with E-state index in [2.05, 4.69) is 5.32 Å². The van der Waals surface area contributed by atoms with E-state index in [1.54, 1.807) is 0 Å². The smallest absolute Gasteiger partial charge is 0.395 e. The Labute approximate surface area is 104 Å². The molecule has 0 amide bonds. The summed E-state index contributed by atoms with van der Waals surface area (Å²) in [5.74, 6) is 0. The molecule has 0 bridgehead atoms. The van der Waals surface area contributed by atoms with Gasteiger partial charge < -0.3 is 10.4 Å². The first-order valence-electron chi connectivity index (χ1n) is 6.99. The first kappa shape index (κ1) is 8.94. The quantitative estimate of drug-likeness (QED) is 0.841. The average Bonchev–Trinajstić information content (AvgIpc) is 2.25. The molecule has 17 heavy (non-hydrogen) atoms. The topological polar surface area (TPSA) is 32.3 Å². The van der Waals surface area contributed by atoms with Crippen molar-refractivity contribution in [1.29, 1.82) is 0 Å². The van der Waals surface area contributed by atoms with E-state index in [-0.39, 0.29) is 6.42 Å². The van der Waals surface area contributed by atoms with Crippen molar-refractivity contribution in [3.05, 3.63) is 35.4 Å². The zero-order valence-corrected chi connectivity index (χ0v) is 9.17. The Hall–Kier alpha value is -1.07. The second-order valence-electron chi connectivity index (χ2n) is 3.68. The van der Waals surface area contributed by atoms with Gasteiger partial charge in [-0.3, -0.25) is 0 Å². The van der Waals surface area contributed by atoms with E-state index in [4.69, 9.17) is 10.6 Å². The van der Waals surface area contributed by atoms with Gasteiger partial charge in [-0.1, -0.05) is 18.2 Å². The molecule has 0 heterocycles. The number of halogens is 3. The average molecular weight is 251 g/mol. The molecule has 1 aromatic carbocycles. The molecule has 0 aliphatic rings. The largest absolute Gasteiger partial charge is 0.416 e. The molecule has 0 fully saturated rings. The van der Waals surface area contributed by atoms with E-state index < -0.39 is 30.8 Å². The van der Waals surface area contributed by atoms with Crippen molar-refractivity contribution in [1.82, 2.24) is 5.32 Å². The third-order valence-electron chi connectivity index (χ3n) is 2.17. The predicted molar refractivity (Wildman–Crippen MR) is 59.7 cm³/mol. The van der Waals surface area contributed by atoms with Crippen molar-refractivity contribution in [2.45, 2.75) is 25.6 Å². The summed E-state index contributed by atoms with van der Waals surface area (Å²) in [6, 6.07) is 3.95. The Kier molecular flexibility index (Phi) is 3.17. The summed E-state index contributed by atoms with van der Waals surface area (Å²) in [5.41, 5.74) is -0.466. The first-order valence-corrected chi connectivity index (χ1v) is 4.99. The van der Waals surface area contributed by atoms with Crippen LogP contribution in [0.4, 0.5) is 13.2 Å². The van der Waals surface area contributed by atoms with Gasteiger partial charge in [0.2, 0.25) is 0 Å². The number of rotatable bonds is 5. The van der Waals surface area contributed by atoms with Crippen LogP contribution in [0.15, 0.2) is 24.3 Å². The van der Waals surface area contributed by atoms with Crippen molar-refractivity contribution in [3.8, 4) is 0 Å². The molecule has 2 N–H and O–H groups in total. The fraction of sp³-hybridized carbons (Fsp3) is 0.500. The minimum absolute atomic E-state index is 0.0551. The summed E-state index contributed by atoms with van der Waals surface area (Å²) in [4.78, 5) is 0. The third-order valence-corrected chi connectivity index (χ3v) is 2.17. The zero-order chi connectivity index (χ0) is 16.5. The molecule has 0 radical (unpaired) electrons. The van der Waals surface area contributed by atoms with Crippen LogP contribution in [0.5, 0.6) is 0 Å².